The standard InChI is InChI=1S/C22H25BrN2O2/c1-16-2-4-17(5-3-16)6-11-21(26)24-20-12-14-25(15-13-20)22(27)18-7-9-19(23)10-8-18/h2-5,7-10,20H,6,11-15H2,1H3,(H,24,26). The van der Waals surface area contributed by atoms with Gasteiger partial charge in [0, 0.05) is 35.6 Å². The molecule has 4 nitrogen and oxygen atoms in total. The van der Waals surface area contributed by atoms with Crippen LogP contribution in [-0.2, 0) is 11.2 Å². The van der Waals surface area contributed by atoms with E-state index in [4.69, 9.17) is 0 Å². The summed E-state index contributed by atoms with van der Waals surface area (Å²) < 4.78 is 0.964. The second kappa shape index (κ2) is 9.18. The number of nitrogens with zero attached hydrogens (tertiary/aromatic N) is 1. The van der Waals surface area contributed by atoms with Gasteiger partial charge in [0.25, 0.3) is 5.91 Å². The van der Waals surface area contributed by atoms with Crippen molar-refractivity contribution in [2.45, 2.75) is 38.6 Å². The Kier molecular flexibility index (Phi) is 6.67. The molecular weight excluding hydrogens is 404 g/mol. The molecule has 1 heterocycles. The van der Waals surface area contributed by atoms with Crippen LogP contribution in [0.25, 0.3) is 0 Å². The first-order chi connectivity index (χ1) is 13.0. The zero-order chi connectivity index (χ0) is 19.2. The first-order valence-corrected chi connectivity index (χ1v) is 10.2. The van der Waals surface area contributed by atoms with Crippen molar-refractivity contribution in [3.8, 4) is 0 Å². The molecule has 2 aromatic carbocycles. The zero-order valence-electron chi connectivity index (χ0n) is 15.6. The van der Waals surface area contributed by atoms with E-state index in [1.807, 2.05) is 29.2 Å². The monoisotopic (exact) mass is 428 g/mol. The van der Waals surface area contributed by atoms with Crippen LogP contribution in [0.3, 0.4) is 0 Å². The minimum Gasteiger partial charge on any atom is -0.353 e. The topological polar surface area (TPSA) is 49.4 Å². The molecule has 142 valence electrons. The summed E-state index contributed by atoms with van der Waals surface area (Å²) in [5.41, 5.74) is 3.12. The lowest BCUT2D eigenvalue weighted by Crippen LogP contribution is -2.46. The maximum absolute atomic E-state index is 12.5. The number of halogens is 1. The van der Waals surface area contributed by atoms with E-state index in [2.05, 4.69) is 52.4 Å². The summed E-state index contributed by atoms with van der Waals surface area (Å²) in [6.45, 7) is 3.42. The Balaban J connectivity index is 1.42. The van der Waals surface area contributed by atoms with Gasteiger partial charge in [0.2, 0.25) is 5.91 Å². The number of rotatable bonds is 5. The number of hydrogen-bond donors (Lipinski definition) is 1. The molecule has 1 aliphatic rings. The lowest BCUT2D eigenvalue weighted by molar-refractivity contribution is -0.122. The molecular formula is C22H25BrN2O2. The van der Waals surface area contributed by atoms with E-state index >= 15 is 0 Å². The summed E-state index contributed by atoms with van der Waals surface area (Å²) in [7, 11) is 0. The molecule has 2 amide bonds. The fraction of sp³-hybridized carbons (Fsp3) is 0.364. The summed E-state index contributed by atoms with van der Waals surface area (Å²) in [6.07, 6.45) is 2.87. The Labute approximate surface area is 169 Å². The van der Waals surface area contributed by atoms with Gasteiger partial charge in [0.1, 0.15) is 0 Å². The molecule has 1 aliphatic heterocycles. The zero-order valence-corrected chi connectivity index (χ0v) is 17.2. The van der Waals surface area contributed by atoms with Crippen molar-refractivity contribution in [3.05, 3.63) is 69.7 Å². The largest absolute Gasteiger partial charge is 0.353 e. The second-order valence-electron chi connectivity index (χ2n) is 7.13. The van der Waals surface area contributed by atoms with Crippen molar-refractivity contribution in [1.29, 1.82) is 0 Å². The number of nitrogens with one attached hydrogen (secondary N) is 1. The van der Waals surface area contributed by atoms with E-state index < -0.39 is 0 Å². The third kappa shape index (κ3) is 5.67. The quantitative estimate of drug-likeness (QED) is 0.778. The minimum absolute atomic E-state index is 0.0617. The molecule has 0 aliphatic carbocycles. The highest BCUT2D eigenvalue weighted by molar-refractivity contribution is 9.10. The predicted molar refractivity (Wildman–Crippen MR) is 111 cm³/mol. The van der Waals surface area contributed by atoms with Crippen molar-refractivity contribution in [1.82, 2.24) is 10.2 Å². The molecule has 0 saturated carbocycles. The molecule has 5 heteroatoms. The molecule has 0 bridgehead atoms. The van der Waals surface area contributed by atoms with Crippen LogP contribution in [0, 0.1) is 6.92 Å². The van der Waals surface area contributed by atoms with E-state index in [-0.39, 0.29) is 17.9 Å². The number of aryl methyl sites for hydroxylation is 2. The van der Waals surface area contributed by atoms with Gasteiger partial charge in [-0.25, -0.2) is 0 Å². The number of benzene rings is 2. The highest BCUT2D eigenvalue weighted by Gasteiger charge is 2.24. The van der Waals surface area contributed by atoms with Gasteiger partial charge in [-0.2, -0.15) is 0 Å². The van der Waals surface area contributed by atoms with Gasteiger partial charge in [-0.15, -0.1) is 0 Å². The highest BCUT2D eigenvalue weighted by Crippen LogP contribution is 2.16. The van der Waals surface area contributed by atoms with Crippen LogP contribution >= 0.6 is 15.9 Å². The van der Waals surface area contributed by atoms with Crippen molar-refractivity contribution in [2.24, 2.45) is 0 Å². The van der Waals surface area contributed by atoms with Crippen molar-refractivity contribution in [2.75, 3.05) is 13.1 Å². The number of piperidine rings is 1. The van der Waals surface area contributed by atoms with Gasteiger partial charge < -0.3 is 10.2 Å². The van der Waals surface area contributed by atoms with E-state index in [1.54, 1.807) is 0 Å². The molecule has 0 unspecified atom stereocenters. The van der Waals surface area contributed by atoms with E-state index in [0.29, 0.717) is 25.1 Å². The Morgan fingerprint density at radius 2 is 1.67 bits per heavy atom. The lowest BCUT2D eigenvalue weighted by atomic mass is 10.0. The van der Waals surface area contributed by atoms with Crippen molar-refractivity contribution >= 4 is 27.7 Å². The highest BCUT2D eigenvalue weighted by atomic mass is 79.9. The van der Waals surface area contributed by atoms with Gasteiger partial charge in [-0.1, -0.05) is 45.8 Å². The number of carbonyl (C=O) groups is 2. The maximum Gasteiger partial charge on any atom is 0.253 e. The van der Waals surface area contributed by atoms with E-state index in [1.165, 1.54) is 11.1 Å². The minimum atomic E-state index is 0.0617. The fourth-order valence-corrected chi connectivity index (χ4v) is 3.58. The third-order valence-electron chi connectivity index (χ3n) is 5.00. The maximum atomic E-state index is 12.5. The van der Waals surface area contributed by atoms with Crippen LogP contribution in [-0.4, -0.2) is 35.8 Å². The number of carbonyl (C=O) groups excluding carboxylic acids is 2. The average molecular weight is 429 g/mol. The number of amides is 2. The van der Waals surface area contributed by atoms with Gasteiger partial charge in [0.15, 0.2) is 0 Å². The molecule has 1 fully saturated rings. The van der Waals surface area contributed by atoms with Crippen LogP contribution in [0.1, 0.15) is 40.7 Å². The summed E-state index contributed by atoms with van der Waals surface area (Å²) in [5, 5.41) is 3.12. The predicted octanol–water partition coefficient (Wildman–Crippen LogP) is 4.11. The molecule has 0 atom stereocenters. The Bertz CT molecular complexity index is 779. The normalized spacial score (nSPS) is 14.8. The smallest absolute Gasteiger partial charge is 0.253 e. The first kappa shape index (κ1) is 19.6. The SMILES string of the molecule is Cc1ccc(CCC(=O)NC2CCN(C(=O)c3ccc(Br)cc3)CC2)cc1. The molecule has 0 spiro atoms. The van der Waals surface area contributed by atoms with Gasteiger partial charge in [-0.05, 0) is 56.0 Å². The van der Waals surface area contributed by atoms with Crippen LogP contribution in [0.4, 0.5) is 0 Å². The molecule has 3 rings (SSSR count). The van der Waals surface area contributed by atoms with Crippen LogP contribution < -0.4 is 5.32 Å². The van der Waals surface area contributed by atoms with E-state index in [9.17, 15) is 9.59 Å². The summed E-state index contributed by atoms with van der Waals surface area (Å²) >= 11 is 3.39. The van der Waals surface area contributed by atoms with Crippen LogP contribution in [0.5, 0.6) is 0 Å². The van der Waals surface area contributed by atoms with Crippen molar-refractivity contribution < 1.29 is 9.59 Å². The Morgan fingerprint density at radius 1 is 1.04 bits per heavy atom. The third-order valence-corrected chi connectivity index (χ3v) is 5.53. The van der Waals surface area contributed by atoms with Crippen molar-refractivity contribution in [3.63, 3.8) is 0 Å². The molecule has 1 N–H and O–H groups in total. The van der Waals surface area contributed by atoms with Crippen LogP contribution in [0.2, 0.25) is 0 Å². The van der Waals surface area contributed by atoms with Gasteiger partial charge >= 0.3 is 0 Å². The second-order valence-corrected chi connectivity index (χ2v) is 8.04. The van der Waals surface area contributed by atoms with Gasteiger partial charge in [-0.3, -0.25) is 9.59 Å². The van der Waals surface area contributed by atoms with Crippen LogP contribution in [0.15, 0.2) is 53.0 Å². The lowest BCUT2D eigenvalue weighted by Gasteiger charge is -2.32. The molecule has 0 aromatic heterocycles. The Hall–Kier alpha value is -2.14. The summed E-state index contributed by atoms with van der Waals surface area (Å²) in [6, 6.07) is 15.9. The Morgan fingerprint density at radius 3 is 2.30 bits per heavy atom. The number of likely N-dealkylation sites (tertiary alicyclic amines) is 1. The molecule has 0 radical (unpaired) electrons. The summed E-state index contributed by atoms with van der Waals surface area (Å²) in [4.78, 5) is 26.6. The van der Waals surface area contributed by atoms with Gasteiger partial charge in [0.05, 0.1) is 0 Å². The van der Waals surface area contributed by atoms with E-state index in [0.717, 1.165) is 23.7 Å². The molecule has 1 saturated heterocycles. The first-order valence-electron chi connectivity index (χ1n) is 9.41. The fourth-order valence-electron chi connectivity index (χ4n) is 3.31. The molecule has 27 heavy (non-hydrogen) atoms. The average Bonchev–Trinajstić information content (AvgIpc) is 2.68. The number of hydrogen-bond acceptors (Lipinski definition) is 2. The molecule has 2 aromatic rings. The summed E-state index contributed by atoms with van der Waals surface area (Å²) in [5.74, 6) is 0.153.